The highest BCUT2D eigenvalue weighted by Gasteiger charge is 2.51. The molecule has 0 bridgehead atoms. The molecule has 1 aliphatic rings. The first kappa shape index (κ1) is 19.9. The summed E-state index contributed by atoms with van der Waals surface area (Å²) in [7, 11) is 1.96. The Kier molecular flexibility index (Phi) is 6.25. The fourth-order valence-corrected chi connectivity index (χ4v) is 3.89. The third kappa shape index (κ3) is 4.60. The van der Waals surface area contributed by atoms with E-state index in [0.29, 0.717) is 6.42 Å². The molecule has 5 heteroatoms. The largest absolute Gasteiger partial charge is 0.351 e. The third-order valence-electron chi connectivity index (χ3n) is 5.46. The van der Waals surface area contributed by atoms with Crippen molar-refractivity contribution < 1.29 is 10.0 Å². The lowest BCUT2D eigenvalue weighted by atomic mass is 9.94. The molecule has 1 heterocycles. The molecule has 1 aromatic rings. The van der Waals surface area contributed by atoms with E-state index in [-0.39, 0.29) is 23.5 Å². The first-order valence-corrected chi connectivity index (χ1v) is 9.19. The summed E-state index contributed by atoms with van der Waals surface area (Å²) in [6, 6.07) is 10.5. The van der Waals surface area contributed by atoms with Gasteiger partial charge in [0.2, 0.25) is 5.91 Å². The summed E-state index contributed by atoms with van der Waals surface area (Å²) in [5, 5.41) is 18.2. The van der Waals surface area contributed by atoms with Crippen molar-refractivity contribution in [1.82, 2.24) is 15.7 Å². The van der Waals surface area contributed by atoms with E-state index in [2.05, 4.69) is 22.8 Å². The van der Waals surface area contributed by atoms with Gasteiger partial charge in [0.1, 0.15) is 0 Å². The van der Waals surface area contributed by atoms with E-state index in [4.69, 9.17) is 0 Å². The Morgan fingerprint density at radius 2 is 1.92 bits per heavy atom. The lowest BCUT2D eigenvalue weighted by molar-refractivity contribution is -0.194. The normalized spacial score (nSPS) is 23.4. The van der Waals surface area contributed by atoms with Crippen LogP contribution >= 0.6 is 0 Å². The van der Waals surface area contributed by atoms with E-state index in [9.17, 15) is 10.0 Å². The maximum atomic E-state index is 12.4. The number of rotatable bonds is 7. The number of nitrogens with zero attached hydrogens (tertiary/aromatic N) is 1. The number of hydrogen-bond donors (Lipinski definition) is 3. The number of benzene rings is 1. The second kappa shape index (κ2) is 7.85. The van der Waals surface area contributed by atoms with Gasteiger partial charge in [-0.05, 0) is 59.6 Å². The van der Waals surface area contributed by atoms with E-state index in [1.165, 1.54) is 10.6 Å². The van der Waals surface area contributed by atoms with Crippen molar-refractivity contribution in [3.05, 3.63) is 35.9 Å². The molecule has 5 nitrogen and oxygen atoms in total. The zero-order valence-corrected chi connectivity index (χ0v) is 16.2. The molecule has 2 rings (SSSR count). The summed E-state index contributed by atoms with van der Waals surface area (Å²) in [6.45, 7) is 7.94. The Bertz CT molecular complexity index is 572. The zero-order chi connectivity index (χ0) is 18.7. The number of hydroxylamine groups is 2. The molecule has 2 atom stereocenters. The van der Waals surface area contributed by atoms with Crippen LogP contribution in [0.15, 0.2) is 30.3 Å². The fraction of sp³-hybridized carbons (Fsp3) is 0.650. The molecule has 0 aromatic heterocycles. The summed E-state index contributed by atoms with van der Waals surface area (Å²) in [5.41, 5.74) is 0.461. The Labute approximate surface area is 151 Å². The molecule has 1 amide bonds. The van der Waals surface area contributed by atoms with Crippen LogP contribution in [-0.2, 0) is 4.79 Å². The summed E-state index contributed by atoms with van der Waals surface area (Å²) >= 11 is 0. The molecule has 1 fully saturated rings. The fourth-order valence-electron chi connectivity index (χ4n) is 3.89. The molecule has 25 heavy (non-hydrogen) atoms. The molecular weight excluding hydrogens is 314 g/mol. The predicted molar refractivity (Wildman–Crippen MR) is 100 cm³/mol. The lowest BCUT2D eigenvalue weighted by Crippen LogP contribution is -2.53. The van der Waals surface area contributed by atoms with Gasteiger partial charge < -0.3 is 15.8 Å². The van der Waals surface area contributed by atoms with Crippen molar-refractivity contribution >= 4 is 5.91 Å². The van der Waals surface area contributed by atoms with Crippen molar-refractivity contribution in [3.63, 3.8) is 0 Å². The average molecular weight is 348 g/mol. The first-order valence-electron chi connectivity index (χ1n) is 9.19. The van der Waals surface area contributed by atoms with Crippen LogP contribution in [0.3, 0.4) is 0 Å². The second-order valence-corrected chi connectivity index (χ2v) is 8.25. The predicted octanol–water partition coefficient (Wildman–Crippen LogP) is 3.25. The Hall–Kier alpha value is -1.43. The number of amides is 1. The number of carbonyl (C=O) groups excluding carboxylic acids is 1. The van der Waals surface area contributed by atoms with Crippen LogP contribution in [0, 0.1) is 0 Å². The van der Waals surface area contributed by atoms with Crippen molar-refractivity contribution in [2.75, 3.05) is 7.05 Å². The third-order valence-corrected chi connectivity index (χ3v) is 5.46. The van der Waals surface area contributed by atoms with Crippen LogP contribution in [0.1, 0.15) is 65.0 Å². The SMILES string of the molecule is CNC(CCCC(=O)NC1CC(C)(C)N(O)C1(C)C)c1ccccc1. The maximum Gasteiger partial charge on any atom is 0.220 e. The highest BCUT2D eigenvalue weighted by Crippen LogP contribution is 2.39. The van der Waals surface area contributed by atoms with Crippen LogP contribution < -0.4 is 10.6 Å². The van der Waals surface area contributed by atoms with Crippen molar-refractivity contribution in [2.24, 2.45) is 0 Å². The zero-order valence-electron chi connectivity index (χ0n) is 16.2. The number of carbonyl (C=O) groups is 1. The van der Waals surface area contributed by atoms with Gasteiger partial charge in [-0.1, -0.05) is 30.3 Å². The van der Waals surface area contributed by atoms with Crippen LogP contribution in [0.5, 0.6) is 0 Å². The molecule has 1 aliphatic heterocycles. The smallest absolute Gasteiger partial charge is 0.220 e. The van der Waals surface area contributed by atoms with E-state index in [1.54, 1.807) is 0 Å². The molecular formula is C20H33N3O2. The molecule has 1 aromatic carbocycles. The highest BCUT2D eigenvalue weighted by molar-refractivity contribution is 5.76. The van der Waals surface area contributed by atoms with Gasteiger partial charge in [-0.2, -0.15) is 5.06 Å². The summed E-state index contributed by atoms with van der Waals surface area (Å²) in [6.07, 6.45) is 2.99. The monoisotopic (exact) mass is 347 g/mol. The number of hydrogen-bond acceptors (Lipinski definition) is 4. The second-order valence-electron chi connectivity index (χ2n) is 8.25. The summed E-state index contributed by atoms with van der Waals surface area (Å²) in [5.74, 6) is 0.0621. The van der Waals surface area contributed by atoms with Crippen molar-refractivity contribution in [3.8, 4) is 0 Å². The van der Waals surface area contributed by atoms with Crippen LogP contribution in [0.4, 0.5) is 0 Å². The van der Waals surface area contributed by atoms with Crippen molar-refractivity contribution in [2.45, 2.75) is 76.5 Å². The van der Waals surface area contributed by atoms with Crippen LogP contribution in [0.2, 0.25) is 0 Å². The minimum Gasteiger partial charge on any atom is -0.351 e. The van der Waals surface area contributed by atoms with Gasteiger partial charge in [0, 0.05) is 18.0 Å². The molecule has 0 spiro atoms. The average Bonchev–Trinajstić information content (AvgIpc) is 2.72. The van der Waals surface area contributed by atoms with Gasteiger partial charge in [-0.3, -0.25) is 4.79 Å². The van der Waals surface area contributed by atoms with Gasteiger partial charge >= 0.3 is 0 Å². The molecule has 2 unspecified atom stereocenters. The van der Waals surface area contributed by atoms with E-state index < -0.39 is 5.54 Å². The van der Waals surface area contributed by atoms with Gasteiger partial charge in [0.25, 0.3) is 0 Å². The highest BCUT2D eigenvalue weighted by atomic mass is 16.5. The quantitative estimate of drug-likeness (QED) is 0.708. The standard InChI is InChI=1S/C20H33N3O2/c1-19(2)14-17(20(3,4)23(19)25)22-18(24)13-9-12-16(21-5)15-10-7-6-8-11-15/h6-8,10-11,16-17,21,25H,9,12-14H2,1-5H3,(H,22,24). The van der Waals surface area contributed by atoms with Gasteiger partial charge in [0.05, 0.1) is 11.6 Å². The van der Waals surface area contributed by atoms with E-state index in [0.717, 1.165) is 19.3 Å². The molecule has 0 aliphatic carbocycles. The maximum absolute atomic E-state index is 12.4. The van der Waals surface area contributed by atoms with Gasteiger partial charge in [-0.15, -0.1) is 0 Å². The Morgan fingerprint density at radius 1 is 1.28 bits per heavy atom. The molecule has 140 valence electrons. The van der Waals surface area contributed by atoms with Crippen LogP contribution in [0.25, 0.3) is 0 Å². The van der Waals surface area contributed by atoms with Gasteiger partial charge in [-0.25, -0.2) is 0 Å². The van der Waals surface area contributed by atoms with Crippen LogP contribution in [-0.4, -0.2) is 40.3 Å². The van der Waals surface area contributed by atoms with Crippen molar-refractivity contribution in [1.29, 1.82) is 0 Å². The minimum atomic E-state index is -0.462. The Balaban J connectivity index is 1.83. The summed E-state index contributed by atoms with van der Waals surface area (Å²) < 4.78 is 0. The molecule has 1 saturated heterocycles. The Morgan fingerprint density at radius 3 is 2.44 bits per heavy atom. The van der Waals surface area contributed by atoms with E-state index >= 15 is 0 Å². The van der Waals surface area contributed by atoms with Gasteiger partial charge in [0.15, 0.2) is 0 Å². The number of nitrogens with one attached hydrogen (secondary N) is 2. The summed E-state index contributed by atoms with van der Waals surface area (Å²) in [4.78, 5) is 12.4. The lowest BCUT2D eigenvalue weighted by Gasteiger charge is -2.35. The van der Waals surface area contributed by atoms with E-state index in [1.807, 2.05) is 52.9 Å². The topological polar surface area (TPSA) is 64.6 Å². The first-order chi connectivity index (χ1) is 11.7. The molecule has 0 radical (unpaired) electrons. The minimum absolute atomic E-state index is 0.0470. The molecule has 0 saturated carbocycles. The molecule has 3 N–H and O–H groups in total.